The van der Waals surface area contributed by atoms with Gasteiger partial charge in [0.15, 0.2) is 5.92 Å². The van der Waals surface area contributed by atoms with Gasteiger partial charge in [0.05, 0.1) is 0 Å². The maximum absolute atomic E-state index is 12.0. The Hall–Kier alpha value is -1.15. The van der Waals surface area contributed by atoms with Gasteiger partial charge in [-0.2, -0.15) is 0 Å². The van der Waals surface area contributed by atoms with Gasteiger partial charge in [-0.15, -0.1) is 0 Å². The van der Waals surface area contributed by atoms with E-state index in [4.69, 9.17) is 10.5 Å². The molecule has 1 aromatic carbocycles. The number of esters is 1. The maximum Gasteiger partial charge on any atom is 0.322 e. The summed E-state index contributed by atoms with van der Waals surface area (Å²) in [6.45, 7) is 5.07. The van der Waals surface area contributed by atoms with Crippen LogP contribution in [-0.2, 0) is 20.7 Å². The number of ether oxygens (including phenoxy) is 1. The highest BCUT2D eigenvalue weighted by molar-refractivity contribution is 14.1. The minimum absolute atomic E-state index is 0.299. The van der Waals surface area contributed by atoms with Crippen molar-refractivity contribution in [3.8, 4) is 0 Å². The molecule has 1 aromatic rings. The Morgan fingerprint density at radius 2 is 1.81 bits per heavy atom. The summed E-state index contributed by atoms with van der Waals surface area (Å²) >= 11 is 2.18. The number of carboxylic acid groups (broad SMARTS) is 1. The lowest BCUT2D eigenvalue weighted by molar-refractivity contribution is -0.167. The van der Waals surface area contributed by atoms with Crippen LogP contribution in [0, 0.1) is 9.49 Å². The van der Waals surface area contributed by atoms with Crippen molar-refractivity contribution >= 4 is 34.5 Å². The zero-order valence-electron chi connectivity index (χ0n) is 12.3. The third-order valence-electron chi connectivity index (χ3n) is 2.74. The molecule has 0 aliphatic heterocycles. The fourth-order valence-corrected chi connectivity index (χ4v) is 2.19. The van der Waals surface area contributed by atoms with Crippen LogP contribution in [0.2, 0.25) is 0 Å². The molecule has 116 valence electrons. The van der Waals surface area contributed by atoms with Crippen LogP contribution in [-0.4, -0.2) is 28.7 Å². The molecule has 0 aliphatic carbocycles. The molecule has 0 heterocycles. The zero-order chi connectivity index (χ0) is 16.2. The smallest absolute Gasteiger partial charge is 0.322 e. The molecule has 0 fully saturated rings. The quantitative estimate of drug-likeness (QED) is 0.446. The lowest BCUT2D eigenvalue weighted by Crippen LogP contribution is -2.45. The average Bonchev–Trinajstić information content (AvgIpc) is 2.29. The summed E-state index contributed by atoms with van der Waals surface area (Å²) in [5.41, 5.74) is 6.07. The Balaban J connectivity index is 2.82. The molecule has 0 spiro atoms. The van der Waals surface area contributed by atoms with Gasteiger partial charge in [-0.1, -0.05) is 12.1 Å². The molecule has 3 N–H and O–H groups in total. The van der Waals surface area contributed by atoms with Crippen molar-refractivity contribution in [1.82, 2.24) is 0 Å². The van der Waals surface area contributed by atoms with E-state index in [1.807, 2.05) is 24.3 Å². The molecule has 21 heavy (non-hydrogen) atoms. The van der Waals surface area contributed by atoms with E-state index in [2.05, 4.69) is 22.6 Å². The summed E-state index contributed by atoms with van der Waals surface area (Å²) in [5, 5.41) is 9.25. The van der Waals surface area contributed by atoms with Gasteiger partial charge in [0.1, 0.15) is 5.60 Å². The number of rotatable bonds is 5. The minimum atomic E-state index is -1.37. The third-order valence-corrected chi connectivity index (χ3v) is 3.46. The molecule has 0 aromatic heterocycles. The minimum Gasteiger partial charge on any atom is -0.481 e. The SMILES string of the molecule is CC(C)(C)OC(=O)[C@H](C(=O)O)[C@H](N)Cc1ccc(I)cc1. The van der Waals surface area contributed by atoms with E-state index in [1.165, 1.54) is 0 Å². The number of carbonyl (C=O) groups excluding carboxylic acids is 1. The first-order valence-corrected chi connectivity index (χ1v) is 7.64. The average molecular weight is 405 g/mol. The number of hydrogen-bond donors (Lipinski definition) is 2. The van der Waals surface area contributed by atoms with Crippen molar-refractivity contribution in [2.45, 2.75) is 38.8 Å². The van der Waals surface area contributed by atoms with Crippen molar-refractivity contribution in [3.63, 3.8) is 0 Å². The third kappa shape index (κ3) is 6.01. The van der Waals surface area contributed by atoms with Gasteiger partial charge < -0.3 is 15.6 Å². The van der Waals surface area contributed by atoms with Crippen molar-refractivity contribution in [2.75, 3.05) is 0 Å². The van der Waals surface area contributed by atoms with Gasteiger partial charge in [-0.25, -0.2) is 0 Å². The molecule has 0 aliphatic rings. The number of carboxylic acids is 1. The van der Waals surface area contributed by atoms with Gasteiger partial charge in [0, 0.05) is 9.61 Å². The highest BCUT2D eigenvalue weighted by Crippen LogP contribution is 2.17. The highest BCUT2D eigenvalue weighted by atomic mass is 127. The van der Waals surface area contributed by atoms with Crippen LogP contribution < -0.4 is 5.73 Å². The first kappa shape index (κ1) is 17.9. The van der Waals surface area contributed by atoms with E-state index in [0.717, 1.165) is 9.13 Å². The van der Waals surface area contributed by atoms with Crippen LogP contribution in [0.1, 0.15) is 26.3 Å². The Morgan fingerprint density at radius 1 is 1.29 bits per heavy atom. The lowest BCUT2D eigenvalue weighted by atomic mass is 9.94. The molecule has 0 amide bonds. The summed E-state index contributed by atoms with van der Waals surface area (Å²) in [7, 11) is 0. The number of benzene rings is 1. The molecule has 0 bridgehead atoms. The van der Waals surface area contributed by atoms with E-state index in [0.29, 0.717) is 6.42 Å². The van der Waals surface area contributed by atoms with Crippen molar-refractivity contribution in [3.05, 3.63) is 33.4 Å². The zero-order valence-corrected chi connectivity index (χ0v) is 14.5. The van der Waals surface area contributed by atoms with Crippen molar-refractivity contribution < 1.29 is 19.4 Å². The van der Waals surface area contributed by atoms with Gasteiger partial charge in [-0.3, -0.25) is 9.59 Å². The van der Waals surface area contributed by atoms with E-state index < -0.39 is 29.5 Å². The largest absolute Gasteiger partial charge is 0.481 e. The summed E-state index contributed by atoms with van der Waals surface area (Å²) in [6.07, 6.45) is 0.299. The number of carbonyl (C=O) groups is 2. The molecular weight excluding hydrogens is 385 g/mol. The van der Waals surface area contributed by atoms with E-state index >= 15 is 0 Å². The van der Waals surface area contributed by atoms with Crippen LogP contribution in [0.3, 0.4) is 0 Å². The van der Waals surface area contributed by atoms with Gasteiger partial charge in [0.25, 0.3) is 0 Å². The molecule has 0 saturated heterocycles. The van der Waals surface area contributed by atoms with Gasteiger partial charge >= 0.3 is 11.9 Å². The predicted octanol–water partition coefficient (Wildman–Crippen LogP) is 2.20. The highest BCUT2D eigenvalue weighted by Gasteiger charge is 2.36. The lowest BCUT2D eigenvalue weighted by Gasteiger charge is -2.25. The standard InChI is InChI=1S/C15H20INO4/c1-15(2,3)21-14(20)12(13(18)19)11(17)8-9-4-6-10(16)7-5-9/h4-7,11-12H,8,17H2,1-3H3,(H,18,19)/t11-,12+/m1/s1. The van der Waals surface area contributed by atoms with Crippen LogP contribution in [0.15, 0.2) is 24.3 Å². The first-order valence-electron chi connectivity index (χ1n) is 6.56. The summed E-state index contributed by atoms with van der Waals surface area (Å²) in [5.74, 6) is -3.43. The molecular formula is C15H20INO4. The van der Waals surface area contributed by atoms with Crippen LogP contribution in [0.25, 0.3) is 0 Å². The fraction of sp³-hybridized carbons (Fsp3) is 0.467. The summed E-state index contributed by atoms with van der Waals surface area (Å²) in [4.78, 5) is 23.3. The van der Waals surface area contributed by atoms with Crippen LogP contribution in [0.4, 0.5) is 0 Å². The Kier molecular flexibility index (Phi) is 6.15. The van der Waals surface area contributed by atoms with E-state index in [-0.39, 0.29) is 0 Å². The second kappa shape index (κ2) is 7.22. The Bertz CT molecular complexity index is 507. The topological polar surface area (TPSA) is 89.6 Å². The molecule has 5 nitrogen and oxygen atoms in total. The first-order chi connectivity index (χ1) is 9.60. The molecule has 6 heteroatoms. The number of halogens is 1. The fourth-order valence-electron chi connectivity index (χ4n) is 1.83. The summed E-state index contributed by atoms with van der Waals surface area (Å²) in [6, 6.07) is 6.72. The summed E-state index contributed by atoms with van der Waals surface area (Å²) < 4.78 is 6.21. The number of nitrogens with two attached hydrogens (primary N) is 1. The molecule has 0 saturated carbocycles. The normalized spacial score (nSPS) is 14.3. The van der Waals surface area contributed by atoms with Gasteiger partial charge in [-0.05, 0) is 67.5 Å². The monoisotopic (exact) mass is 405 g/mol. The molecule has 0 unspecified atom stereocenters. The van der Waals surface area contributed by atoms with Crippen molar-refractivity contribution in [2.24, 2.45) is 11.7 Å². The predicted molar refractivity (Wildman–Crippen MR) is 87.8 cm³/mol. The van der Waals surface area contributed by atoms with E-state index in [9.17, 15) is 14.7 Å². The van der Waals surface area contributed by atoms with Crippen molar-refractivity contribution in [1.29, 1.82) is 0 Å². The maximum atomic E-state index is 12.0. The second-order valence-electron chi connectivity index (χ2n) is 5.84. The second-order valence-corrected chi connectivity index (χ2v) is 7.09. The van der Waals surface area contributed by atoms with Gasteiger partial charge in [0.2, 0.25) is 0 Å². The number of hydrogen-bond acceptors (Lipinski definition) is 4. The molecule has 0 radical (unpaired) electrons. The van der Waals surface area contributed by atoms with E-state index in [1.54, 1.807) is 20.8 Å². The number of aliphatic carboxylic acids is 1. The van der Waals surface area contributed by atoms with Crippen LogP contribution in [0.5, 0.6) is 0 Å². The Labute approximate surface area is 138 Å². The van der Waals surface area contributed by atoms with Crippen LogP contribution >= 0.6 is 22.6 Å². The molecule has 2 atom stereocenters. The Morgan fingerprint density at radius 3 is 2.24 bits per heavy atom. The molecule has 1 rings (SSSR count).